The van der Waals surface area contributed by atoms with Gasteiger partial charge in [-0.15, -0.1) is 0 Å². The third-order valence-electron chi connectivity index (χ3n) is 7.40. The zero-order valence-corrected chi connectivity index (χ0v) is 21.4. The van der Waals surface area contributed by atoms with Crippen LogP contribution in [0.5, 0.6) is 0 Å². The molecular weight excluding hydrogens is 534 g/mol. The SMILES string of the molecule is CCN1C(O)(C(F)(F)F)C(C(=O)O)C(CC(C)C)C(CC)(C(=O)O)C1(O)C(F)(F)F.OC1CCCCN1O. The number of aliphatic hydroxyl groups is 3. The average Bonchev–Trinajstić information content (AvgIpc) is 2.74. The Kier molecular flexibility index (Phi) is 10.7. The monoisotopic (exact) mass is 570 g/mol. The fraction of sp³-hybridized carbons (Fsp3) is 0.909. The zero-order chi connectivity index (χ0) is 30.1. The van der Waals surface area contributed by atoms with Gasteiger partial charge in [0.25, 0.3) is 0 Å². The summed E-state index contributed by atoms with van der Waals surface area (Å²) in [5.41, 5.74) is -12.8. The minimum absolute atomic E-state index is 0.608. The Morgan fingerprint density at radius 3 is 1.79 bits per heavy atom. The van der Waals surface area contributed by atoms with Crippen LogP contribution in [0.3, 0.4) is 0 Å². The standard InChI is InChI=1S/C17H25F6NO6.C5H11NO2/c1-5-13(12(27)28)9(7-8(3)4)10(11(25)26)14(29,16(18,19)20)24(6-2)15(13,30)17(21,22)23;7-5-3-1-2-4-6(5)8/h8-10,29-30H,5-7H2,1-4H3,(H,25,26)(H,27,28);5,7-8H,1-4H2. The summed E-state index contributed by atoms with van der Waals surface area (Å²) in [4.78, 5) is 23.2. The van der Waals surface area contributed by atoms with E-state index < -0.39 is 89.4 Å². The molecule has 6 unspecified atom stereocenters. The number of carboxylic acid groups (broad SMARTS) is 2. The number of carbonyl (C=O) groups is 2. The average molecular weight is 571 g/mol. The van der Waals surface area contributed by atoms with Crippen molar-refractivity contribution in [2.45, 2.75) is 89.8 Å². The number of piperidine rings is 2. The first-order valence-corrected chi connectivity index (χ1v) is 12.1. The third kappa shape index (κ3) is 5.47. The molecule has 6 N–H and O–H groups in total. The summed E-state index contributed by atoms with van der Waals surface area (Å²) < 4.78 is 84.6. The van der Waals surface area contributed by atoms with E-state index in [9.17, 15) is 56.4 Å². The molecule has 0 spiro atoms. The van der Waals surface area contributed by atoms with Crippen LogP contribution in [0.4, 0.5) is 26.3 Å². The van der Waals surface area contributed by atoms with E-state index in [-0.39, 0.29) is 0 Å². The van der Waals surface area contributed by atoms with E-state index in [0.29, 0.717) is 13.0 Å². The predicted octanol–water partition coefficient (Wildman–Crippen LogP) is 2.85. The van der Waals surface area contributed by atoms with Gasteiger partial charge in [0.2, 0.25) is 11.4 Å². The van der Waals surface area contributed by atoms with E-state index in [1.54, 1.807) is 0 Å². The minimum Gasteiger partial charge on any atom is -0.481 e. The summed E-state index contributed by atoms with van der Waals surface area (Å²) in [6, 6.07) is 0. The maximum atomic E-state index is 14.2. The molecule has 0 bridgehead atoms. The number of halogens is 6. The number of hydroxylamine groups is 2. The van der Waals surface area contributed by atoms with E-state index in [1.165, 1.54) is 13.8 Å². The van der Waals surface area contributed by atoms with Crippen molar-refractivity contribution in [3.63, 3.8) is 0 Å². The van der Waals surface area contributed by atoms with Crippen molar-refractivity contribution < 1.29 is 66.7 Å². The summed E-state index contributed by atoms with van der Waals surface area (Å²) in [6.45, 7) is 3.57. The first-order valence-electron chi connectivity index (χ1n) is 12.1. The zero-order valence-electron chi connectivity index (χ0n) is 21.4. The Bertz CT molecular complexity index is 834. The largest absolute Gasteiger partial charge is 0.481 e. The van der Waals surface area contributed by atoms with Gasteiger partial charge in [-0.2, -0.15) is 31.4 Å². The summed E-state index contributed by atoms with van der Waals surface area (Å²) in [6.07, 6.45) is -11.6. The summed E-state index contributed by atoms with van der Waals surface area (Å²) in [5, 5.41) is 59.3. The lowest BCUT2D eigenvalue weighted by atomic mass is 9.53. The van der Waals surface area contributed by atoms with Crippen molar-refractivity contribution >= 4 is 11.9 Å². The molecule has 38 heavy (non-hydrogen) atoms. The van der Waals surface area contributed by atoms with E-state index >= 15 is 0 Å². The van der Waals surface area contributed by atoms with Crippen LogP contribution in [-0.4, -0.2) is 95.8 Å². The fourth-order valence-corrected chi connectivity index (χ4v) is 5.74. The number of alkyl halides is 6. The van der Waals surface area contributed by atoms with Gasteiger partial charge in [-0.05, 0) is 43.9 Å². The summed E-state index contributed by atoms with van der Waals surface area (Å²) >= 11 is 0. The van der Waals surface area contributed by atoms with Crippen LogP contribution >= 0.6 is 0 Å². The Morgan fingerprint density at radius 1 is 1.00 bits per heavy atom. The van der Waals surface area contributed by atoms with Crippen molar-refractivity contribution in [3.05, 3.63) is 0 Å². The molecule has 0 aromatic heterocycles. The Labute approximate surface area is 215 Å². The second-order valence-electron chi connectivity index (χ2n) is 9.96. The van der Waals surface area contributed by atoms with E-state index in [4.69, 9.17) is 10.3 Å². The van der Waals surface area contributed by atoms with Crippen LogP contribution in [0.15, 0.2) is 0 Å². The van der Waals surface area contributed by atoms with Gasteiger partial charge >= 0.3 is 24.3 Å². The molecule has 10 nitrogen and oxygen atoms in total. The van der Waals surface area contributed by atoms with Crippen molar-refractivity contribution in [3.8, 4) is 0 Å². The molecule has 16 heteroatoms. The van der Waals surface area contributed by atoms with E-state index in [1.807, 2.05) is 0 Å². The molecular formula is C22H36F6N2O8. The quantitative estimate of drug-likeness (QED) is 0.262. The first-order chi connectivity index (χ1) is 17.1. The number of hydrogen-bond acceptors (Lipinski definition) is 8. The molecule has 2 rings (SSSR count). The van der Waals surface area contributed by atoms with E-state index in [2.05, 4.69) is 0 Å². The maximum Gasteiger partial charge on any atom is 0.432 e. The van der Waals surface area contributed by atoms with Crippen molar-refractivity contribution in [1.82, 2.24) is 9.96 Å². The maximum absolute atomic E-state index is 14.2. The second-order valence-corrected chi connectivity index (χ2v) is 9.96. The Hall–Kier alpha value is -1.72. The highest BCUT2D eigenvalue weighted by molar-refractivity contribution is 5.81. The second kappa shape index (κ2) is 11.8. The van der Waals surface area contributed by atoms with Gasteiger partial charge in [0.15, 0.2) is 0 Å². The van der Waals surface area contributed by atoms with Crippen molar-refractivity contribution in [1.29, 1.82) is 0 Å². The predicted molar refractivity (Wildman–Crippen MR) is 117 cm³/mol. The lowest BCUT2D eigenvalue weighted by Crippen LogP contribution is -2.86. The molecule has 2 fully saturated rings. The molecule has 2 heterocycles. The lowest BCUT2D eigenvalue weighted by Gasteiger charge is -2.64. The topological polar surface area (TPSA) is 162 Å². The summed E-state index contributed by atoms with van der Waals surface area (Å²) in [7, 11) is 0. The number of rotatable bonds is 6. The number of likely N-dealkylation sites (tertiary alicyclic amines) is 1. The van der Waals surface area contributed by atoms with Gasteiger partial charge in [-0.25, -0.2) is 4.90 Å². The number of nitrogens with zero attached hydrogens (tertiary/aromatic N) is 2. The highest BCUT2D eigenvalue weighted by atomic mass is 19.4. The molecule has 6 atom stereocenters. The van der Waals surface area contributed by atoms with Gasteiger partial charge < -0.3 is 30.7 Å². The lowest BCUT2D eigenvalue weighted by molar-refractivity contribution is -0.463. The van der Waals surface area contributed by atoms with Gasteiger partial charge in [-0.3, -0.25) is 9.59 Å². The molecule has 0 radical (unpaired) electrons. The highest BCUT2D eigenvalue weighted by Crippen LogP contribution is 2.64. The fourth-order valence-electron chi connectivity index (χ4n) is 5.74. The minimum atomic E-state index is -5.99. The number of hydrogen-bond donors (Lipinski definition) is 6. The Morgan fingerprint density at radius 2 is 1.53 bits per heavy atom. The number of aliphatic hydroxyl groups excluding tert-OH is 1. The van der Waals surface area contributed by atoms with Crippen molar-refractivity contribution in [2.24, 2.45) is 23.2 Å². The normalized spacial score (nSPS) is 35.5. The van der Waals surface area contributed by atoms with E-state index in [0.717, 1.165) is 31.8 Å². The molecule has 0 amide bonds. The van der Waals surface area contributed by atoms with Crippen LogP contribution < -0.4 is 0 Å². The first kappa shape index (κ1) is 34.3. The van der Waals surface area contributed by atoms with Gasteiger partial charge in [0.1, 0.15) is 17.6 Å². The molecule has 2 aliphatic heterocycles. The van der Waals surface area contributed by atoms with Crippen LogP contribution in [-0.2, 0) is 9.59 Å². The summed E-state index contributed by atoms with van der Waals surface area (Å²) in [5.74, 6) is -10.8. The molecule has 0 saturated carbocycles. The third-order valence-corrected chi connectivity index (χ3v) is 7.40. The van der Waals surface area contributed by atoms with Crippen molar-refractivity contribution in [2.75, 3.05) is 13.1 Å². The van der Waals surface area contributed by atoms with Gasteiger partial charge in [-0.1, -0.05) is 27.7 Å². The molecule has 0 aromatic rings. The van der Waals surface area contributed by atoms with Crippen LogP contribution in [0.25, 0.3) is 0 Å². The van der Waals surface area contributed by atoms with Crippen LogP contribution in [0, 0.1) is 23.2 Å². The number of carboxylic acids is 2. The van der Waals surface area contributed by atoms with Gasteiger partial charge in [0.05, 0.1) is 0 Å². The smallest absolute Gasteiger partial charge is 0.432 e. The Balaban J connectivity index is 0.000000763. The highest BCUT2D eigenvalue weighted by Gasteiger charge is 2.86. The molecule has 2 saturated heterocycles. The van der Waals surface area contributed by atoms with Crippen LogP contribution in [0.1, 0.15) is 59.8 Å². The number of aliphatic carboxylic acids is 2. The molecule has 0 aliphatic carbocycles. The molecule has 0 aromatic carbocycles. The molecule has 224 valence electrons. The van der Waals surface area contributed by atoms with Gasteiger partial charge in [0, 0.05) is 13.1 Å². The molecule has 2 aliphatic rings. The van der Waals surface area contributed by atoms with Crippen LogP contribution in [0.2, 0.25) is 0 Å².